The number of anilines is 1. The highest BCUT2D eigenvalue weighted by molar-refractivity contribution is 6.28. The van der Waals surface area contributed by atoms with Gasteiger partial charge >= 0.3 is 0 Å². The third kappa shape index (κ3) is 4.00. The highest BCUT2D eigenvalue weighted by Crippen LogP contribution is 2.18. The molecule has 1 aromatic heterocycles. The molecule has 2 heterocycles. The van der Waals surface area contributed by atoms with Gasteiger partial charge in [0, 0.05) is 19.1 Å². The number of halogens is 2. The zero-order valence-electron chi connectivity index (χ0n) is 10.3. The smallest absolute Gasteiger partial charge is 0.231 e. The fraction of sp³-hybridized carbons (Fsp3) is 0.545. The molecule has 0 spiro atoms. The van der Waals surface area contributed by atoms with Gasteiger partial charge in [-0.25, -0.2) is 9.37 Å². The Morgan fingerprint density at radius 3 is 2.89 bits per heavy atom. The molecule has 19 heavy (non-hydrogen) atoms. The van der Waals surface area contributed by atoms with Crippen LogP contribution in [0.15, 0.2) is 6.20 Å². The monoisotopic (exact) mass is 287 g/mol. The molecule has 1 saturated heterocycles. The molecule has 0 saturated carbocycles. The van der Waals surface area contributed by atoms with Crippen molar-refractivity contribution in [1.82, 2.24) is 14.9 Å². The number of hydrogen-bond acceptors (Lipinski definition) is 5. The lowest BCUT2D eigenvalue weighted by Crippen LogP contribution is -2.43. The summed E-state index contributed by atoms with van der Waals surface area (Å²) in [6.45, 7) is 1.74. The van der Waals surface area contributed by atoms with Crippen molar-refractivity contribution in [3.05, 3.63) is 17.3 Å². The predicted molar refractivity (Wildman–Crippen MR) is 69.3 cm³/mol. The van der Waals surface area contributed by atoms with E-state index in [2.05, 4.69) is 15.3 Å². The number of hydrogen-bond donors (Lipinski definition) is 2. The summed E-state index contributed by atoms with van der Waals surface area (Å²) in [6, 6.07) is 0.101. The zero-order chi connectivity index (χ0) is 13.8. The molecule has 1 aliphatic rings. The van der Waals surface area contributed by atoms with Crippen molar-refractivity contribution >= 4 is 23.3 Å². The number of nitrogens with two attached hydrogens (primary N) is 1. The average Bonchev–Trinajstić information content (AvgIpc) is 2.35. The van der Waals surface area contributed by atoms with Gasteiger partial charge in [0.1, 0.15) is 0 Å². The number of nitrogens with one attached hydrogen (secondary N) is 1. The number of piperidine rings is 1. The van der Waals surface area contributed by atoms with Gasteiger partial charge in [0.25, 0.3) is 0 Å². The Morgan fingerprint density at radius 1 is 1.58 bits per heavy atom. The first-order valence-corrected chi connectivity index (χ1v) is 6.37. The highest BCUT2D eigenvalue weighted by atomic mass is 35.5. The number of aromatic nitrogens is 2. The largest absolute Gasteiger partial charge is 0.369 e. The van der Waals surface area contributed by atoms with E-state index in [4.69, 9.17) is 17.3 Å². The van der Waals surface area contributed by atoms with Gasteiger partial charge in [-0.1, -0.05) is 0 Å². The Labute approximate surface area is 115 Å². The number of amides is 1. The standard InChI is InChI=1S/C11H15ClFN5O/c12-11-15-5-8(13)10(17-11)16-7-1-3-18(4-2-7)6-9(14)19/h5,7H,1-4,6H2,(H2,14,19)(H,15,16,17). The van der Waals surface area contributed by atoms with E-state index in [1.165, 1.54) is 0 Å². The SMILES string of the molecule is NC(=O)CN1CCC(Nc2nc(Cl)ncc2F)CC1. The second-order valence-corrected chi connectivity index (χ2v) is 4.83. The van der Waals surface area contributed by atoms with E-state index in [0.29, 0.717) is 0 Å². The van der Waals surface area contributed by atoms with Crippen molar-refractivity contribution in [3.8, 4) is 0 Å². The first-order valence-electron chi connectivity index (χ1n) is 6.00. The van der Waals surface area contributed by atoms with E-state index in [1.54, 1.807) is 0 Å². The molecule has 0 aromatic carbocycles. The topological polar surface area (TPSA) is 84.1 Å². The Hall–Kier alpha value is -1.47. The van der Waals surface area contributed by atoms with Gasteiger partial charge in [0.2, 0.25) is 11.2 Å². The highest BCUT2D eigenvalue weighted by Gasteiger charge is 2.21. The van der Waals surface area contributed by atoms with E-state index >= 15 is 0 Å². The van der Waals surface area contributed by atoms with Gasteiger partial charge < -0.3 is 11.1 Å². The van der Waals surface area contributed by atoms with Crippen molar-refractivity contribution in [3.63, 3.8) is 0 Å². The van der Waals surface area contributed by atoms with Gasteiger partial charge in [0.05, 0.1) is 12.7 Å². The first-order chi connectivity index (χ1) is 9.04. The second kappa shape index (κ2) is 6.12. The van der Waals surface area contributed by atoms with Crippen LogP contribution in [0.4, 0.5) is 10.2 Å². The normalized spacial score (nSPS) is 17.4. The number of likely N-dealkylation sites (tertiary alicyclic amines) is 1. The maximum absolute atomic E-state index is 13.5. The Kier molecular flexibility index (Phi) is 4.49. The minimum atomic E-state index is -0.524. The van der Waals surface area contributed by atoms with Crippen LogP contribution in [-0.2, 0) is 4.79 Å². The van der Waals surface area contributed by atoms with E-state index in [1.807, 2.05) is 4.90 Å². The first kappa shape index (κ1) is 14.0. The summed E-state index contributed by atoms with van der Waals surface area (Å²) < 4.78 is 13.5. The molecule has 2 rings (SSSR count). The maximum atomic E-state index is 13.5. The van der Waals surface area contributed by atoms with E-state index in [0.717, 1.165) is 32.1 Å². The average molecular weight is 288 g/mol. The number of rotatable bonds is 4. The summed E-state index contributed by atoms with van der Waals surface area (Å²) in [5, 5.41) is 3.02. The predicted octanol–water partition coefficient (Wildman–Crippen LogP) is 0.631. The Bertz CT molecular complexity index is 464. The van der Waals surface area contributed by atoms with Crippen LogP contribution in [-0.4, -0.2) is 46.5 Å². The van der Waals surface area contributed by atoms with Crippen molar-refractivity contribution in [2.45, 2.75) is 18.9 Å². The number of nitrogens with zero attached hydrogens (tertiary/aromatic N) is 3. The molecule has 3 N–H and O–H groups in total. The number of carbonyl (C=O) groups excluding carboxylic acids is 1. The summed E-state index contributed by atoms with van der Waals surface area (Å²) >= 11 is 5.63. The fourth-order valence-corrected chi connectivity index (χ4v) is 2.23. The Morgan fingerprint density at radius 2 is 2.26 bits per heavy atom. The van der Waals surface area contributed by atoms with Crippen molar-refractivity contribution < 1.29 is 9.18 Å². The summed E-state index contributed by atoms with van der Waals surface area (Å²) in [4.78, 5) is 20.2. The van der Waals surface area contributed by atoms with Crippen molar-refractivity contribution in [1.29, 1.82) is 0 Å². The lowest BCUT2D eigenvalue weighted by molar-refractivity contribution is -0.119. The molecule has 1 aliphatic heterocycles. The molecular weight excluding hydrogens is 273 g/mol. The van der Waals surface area contributed by atoms with Crippen LogP contribution in [0.3, 0.4) is 0 Å². The molecule has 8 heteroatoms. The van der Waals surface area contributed by atoms with Crippen LogP contribution in [0, 0.1) is 5.82 Å². The van der Waals surface area contributed by atoms with Crippen LogP contribution in [0.25, 0.3) is 0 Å². The summed E-state index contributed by atoms with van der Waals surface area (Å²) in [5.41, 5.74) is 5.14. The molecule has 104 valence electrons. The molecule has 0 radical (unpaired) electrons. The summed E-state index contributed by atoms with van der Waals surface area (Å²) in [5.74, 6) is -0.739. The molecule has 1 aromatic rings. The molecular formula is C11H15ClFN5O. The van der Waals surface area contributed by atoms with Crippen LogP contribution in [0.5, 0.6) is 0 Å². The molecule has 1 fully saturated rings. The van der Waals surface area contributed by atoms with Crippen molar-refractivity contribution in [2.24, 2.45) is 5.73 Å². The van der Waals surface area contributed by atoms with Crippen molar-refractivity contribution in [2.75, 3.05) is 25.0 Å². The molecule has 1 amide bonds. The minimum Gasteiger partial charge on any atom is -0.369 e. The van der Waals surface area contributed by atoms with Crippen LogP contribution < -0.4 is 11.1 Å². The van der Waals surface area contributed by atoms with Crippen LogP contribution in [0.1, 0.15) is 12.8 Å². The molecule has 0 bridgehead atoms. The lowest BCUT2D eigenvalue weighted by Gasteiger charge is -2.31. The van der Waals surface area contributed by atoms with E-state index in [-0.39, 0.29) is 29.6 Å². The zero-order valence-corrected chi connectivity index (χ0v) is 11.0. The van der Waals surface area contributed by atoms with Gasteiger partial charge in [-0.05, 0) is 24.4 Å². The number of primary amides is 1. The van der Waals surface area contributed by atoms with Crippen LogP contribution in [0.2, 0.25) is 5.28 Å². The van der Waals surface area contributed by atoms with E-state index in [9.17, 15) is 9.18 Å². The van der Waals surface area contributed by atoms with Gasteiger partial charge in [-0.2, -0.15) is 4.98 Å². The van der Waals surface area contributed by atoms with Gasteiger partial charge in [-0.15, -0.1) is 0 Å². The molecule has 0 unspecified atom stereocenters. The molecule has 0 aliphatic carbocycles. The third-order valence-electron chi connectivity index (χ3n) is 3.02. The van der Waals surface area contributed by atoms with Gasteiger partial charge in [-0.3, -0.25) is 9.69 Å². The minimum absolute atomic E-state index is 0.00932. The summed E-state index contributed by atoms with van der Waals surface area (Å²) in [6.07, 6.45) is 2.61. The molecule has 6 nitrogen and oxygen atoms in total. The third-order valence-corrected chi connectivity index (χ3v) is 3.20. The summed E-state index contributed by atoms with van der Waals surface area (Å²) in [7, 11) is 0. The number of carbonyl (C=O) groups is 1. The quantitative estimate of drug-likeness (QED) is 0.794. The molecule has 0 atom stereocenters. The Balaban J connectivity index is 1.88. The fourth-order valence-electron chi connectivity index (χ4n) is 2.10. The van der Waals surface area contributed by atoms with Crippen LogP contribution >= 0.6 is 11.6 Å². The second-order valence-electron chi connectivity index (χ2n) is 4.50. The maximum Gasteiger partial charge on any atom is 0.231 e. The van der Waals surface area contributed by atoms with E-state index < -0.39 is 5.82 Å². The van der Waals surface area contributed by atoms with Gasteiger partial charge in [0.15, 0.2) is 11.6 Å². The lowest BCUT2D eigenvalue weighted by atomic mass is 10.1.